The fraction of sp³-hybridized carbons (Fsp3) is 0.750. The van der Waals surface area contributed by atoms with Crippen LogP contribution in [-0.2, 0) is 6.54 Å². The van der Waals surface area contributed by atoms with E-state index in [1.807, 2.05) is 0 Å². The van der Waals surface area contributed by atoms with Crippen molar-refractivity contribution >= 4 is 0 Å². The standard InChI is InChI=1S/C12H17F2N3/c13-11(14)17-6-5-16-10(17)7-15-8-12(3-4-12)9-1-2-9/h5-6,9,11,15H,1-4,7-8H2. The largest absolute Gasteiger partial charge is 0.319 e. The second-order valence-corrected chi connectivity index (χ2v) is 5.27. The fourth-order valence-electron chi connectivity index (χ4n) is 2.67. The monoisotopic (exact) mass is 241 g/mol. The summed E-state index contributed by atoms with van der Waals surface area (Å²) < 4.78 is 26.1. The van der Waals surface area contributed by atoms with E-state index in [1.165, 1.54) is 38.1 Å². The van der Waals surface area contributed by atoms with Crippen molar-refractivity contribution in [3.8, 4) is 0 Å². The Morgan fingerprint density at radius 3 is 2.82 bits per heavy atom. The van der Waals surface area contributed by atoms with Gasteiger partial charge in [0.25, 0.3) is 0 Å². The molecule has 2 fully saturated rings. The van der Waals surface area contributed by atoms with Gasteiger partial charge in [-0.05, 0) is 37.0 Å². The minimum atomic E-state index is -2.49. The van der Waals surface area contributed by atoms with E-state index in [2.05, 4.69) is 10.3 Å². The zero-order valence-electron chi connectivity index (χ0n) is 9.70. The Labute approximate surface area is 99.2 Å². The van der Waals surface area contributed by atoms with Crippen LogP contribution in [0.25, 0.3) is 0 Å². The Hall–Kier alpha value is -0.970. The van der Waals surface area contributed by atoms with Gasteiger partial charge < -0.3 is 5.32 Å². The van der Waals surface area contributed by atoms with Crippen LogP contribution in [0.3, 0.4) is 0 Å². The van der Waals surface area contributed by atoms with E-state index >= 15 is 0 Å². The van der Waals surface area contributed by atoms with Gasteiger partial charge in [0.2, 0.25) is 0 Å². The lowest BCUT2D eigenvalue weighted by Gasteiger charge is -2.15. The molecule has 2 saturated carbocycles. The fourth-order valence-corrected chi connectivity index (χ4v) is 2.67. The van der Waals surface area contributed by atoms with Crippen LogP contribution >= 0.6 is 0 Å². The average Bonchev–Trinajstić information content (AvgIpc) is 3.17. The zero-order valence-corrected chi connectivity index (χ0v) is 9.70. The molecule has 0 aromatic carbocycles. The Bertz CT molecular complexity index is 394. The summed E-state index contributed by atoms with van der Waals surface area (Å²) >= 11 is 0. The molecular weight excluding hydrogens is 224 g/mol. The molecule has 0 amide bonds. The molecule has 2 aliphatic carbocycles. The van der Waals surface area contributed by atoms with Crippen LogP contribution in [0.1, 0.15) is 38.1 Å². The van der Waals surface area contributed by atoms with Gasteiger partial charge >= 0.3 is 6.55 Å². The highest BCUT2D eigenvalue weighted by atomic mass is 19.3. The first kappa shape index (κ1) is 11.1. The predicted octanol–water partition coefficient (Wildman–Crippen LogP) is 2.56. The zero-order chi connectivity index (χ0) is 11.9. The smallest absolute Gasteiger partial charge is 0.309 e. The second-order valence-electron chi connectivity index (χ2n) is 5.27. The molecule has 5 heteroatoms. The lowest BCUT2D eigenvalue weighted by Crippen LogP contribution is -2.26. The van der Waals surface area contributed by atoms with Gasteiger partial charge in [0.1, 0.15) is 5.82 Å². The van der Waals surface area contributed by atoms with Crippen molar-refractivity contribution in [2.75, 3.05) is 6.54 Å². The summed E-state index contributed by atoms with van der Waals surface area (Å²) in [6, 6.07) is 0. The van der Waals surface area contributed by atoms with Gasteiger partial charge in [0, 0.05) is 18.9 Å². The lowest BCUT2D eigenvalue weighted by atomic mass is 10.0. The van der Waals surface area contributed by atoms with Crippen LogP contribution in [0.5, 0.6) is 0 Å². The van der Waals surface area contributed by atoms with Crippen LogP contribution < -0.4 is 5.32 Å². The molecule has 1 heterocycles. The SMILES string of the molecule is FC(F)n1ccnc1CNCC1(C2CC2)CC1. The molecule has 1 aromatic rings. The van der Waals surface area contributed by atoms with Gasteiger partial charge in [0.05, 0.1) is 6.54 Å². The topological polar surface area (TPSA) is 29.9 Å². The van der Waals surface area contributed by atoms with Crippen LogP contribution in [0.2, 0.25) is 0 Å². The quantitative estimate of drug-likeness (QED) is 0.829. The average molecular weight is 241 g/mol. The third-order valence-corrected chi connectivity index (χ3v) is 4.05. The Morgan fingerprint density at radius 1 is 1.47 bits per heavy atom. The lowest BCUT2D eigenvalue weighted by molar-refractivity contribution is 0.0665. The molecule has 0 bridgehead atoms. The van der Waals surface area contributed by atoms with E-state index in [-0.39, 0.29) is 0 Å². The summed E-state index contributed by atoms with van der Waals surface area (Å²) in [4.78, 5) is 3.96. The first-order valence-corrected chi connectivity index (χ1v) is 6.22. The van der Waals surface area contributed by atoms with Gasteiger partial charge in [-0.25, -0.2) is 4.98 Å². The van der Waals surface area contributed by atoms with E-state index in [4.69, 9.17) is 0 Å². The molecule has 1 N–H and O–H groups in total. The number of aromatic nitrogens is 2. The van der Waals surface area contributed by atoms with Crippen molar-refractivity contribution in [2.24, 2.45) is 11.3 Å². The van der Waals surface area contributed by atoms with Gasteiger partial charge in [-0.3, -0.25) is 4.57 Å². The number of halogens is 2. The molecule has 1 aromatic heterocycles. The molecule has 3 nitrogen and oxygen atoms in total. The van der Waals surface area contributed by atoms with Crippen molar-refractivity contribution in [1.82, 2.24) is 14.9 Å². The van der Waals surface area contributed by atoms with Crippen molar-refractivity contribution < 1.29 is 8.78 Å². The highest BCUT2D eigenvalue weighted by Crippen LogP contribution is 2.60. The molecule has 0 unspecified atom stereocenters. The summed E-state index contributed by atoms with van der Waals surface area (Å²) in [5, 5.41) is 3.29. The highest BCUT2D eigenvalue weighted by Gasteiger charge is 2.53. The highest BCUT2D eigenvalue weighted by molar-refractivity contribution is 5.05. The van der Waals surface area contributed by atoms with Crippen molar-refractivity contribution in [3.63, 3.8) is 0 Å². The molecule has 0 radical (unpaired) electrons. The van der Waals surface area contributed by atoms with Crippen LogP contribution in [0, 0.1) is 11.3 Å². The molecule has 17 heavy (non-hydrogen) atoms. The van der Waals surface area contributed by atoms with Crippen molar-refractivity contribution in [3.05, 3.63) is 18.2 Å². The second kappa shape index (κ2) is 4.05. The van der Waals surface area contributed by atoms with E-state index in [1.54, 1.807) is 0 Å². The Morgan fingerprint density at radius 2 is 2.24 bits per heavy atom. The predicted molar refractivity (Wildman–Crippen MR) is 59.6 cm³/mol. The number of imidazole rings is 1. The van der Waals surface area contributed by atoms with Crippen LogP contribution in [0.4, 0.5) is 8.78 Å². The summed E-state index contributed by atoms with van der Waals surface area (Å²) in [5.41, 5.74) is 0.502. The number of rotatable bonds is 6. The number of hydrogen-bond acceptors (Lipinski definition) is 2. The maximum absolute atomic E-state index is 12.6. The number of alkyl halides is 2. The molecular formula is C12H17F2N3. The molecule has 0 spiro atoms. The minimum Gasteiger partial charge on any atom is -0.309 e. The summed E-state index contributed by atoms with van der Waals surface area (Å²) in [6.07, 6.45) is 8.06. The third-order valence-electron chi connectivity index (χ3n) is 4.05. The number of hydrogen-bond donors (Lipinski definition) is 1. The van der Waals surface area contributed by atoms with Gasteiger partial charge in [0.15, 0.2) is 0 Å². The molecule has 0 atom stereocenters. The molecule has 3 rings (SSSR count). The van der Waals surface area contributed by atoms with E-state index in [0.717, 1.165) is 17.0 Å². The van der Waals surface area contributed by atoms with Gasteiger partial charge in [-0.2, -0.15) is 8.78 Å². The Balaban J connectivity index is 1.52. The summed E-state index contributed by atoms with van der Waals surface area (Å²) in [6.45, 7) is -1.10. The summed E-state index contributed by atoms with van der Waals surface area (Å²) in [5.74, 6) is 1.32. The first-order valence-electron chi connectivity index (χ1n) is 6.22. The van der Waals surface area contributed by atoms with E-state index in [0.29, 0.717) is 17.8 Å². The summed E-state index contributed by atoms with van der Waals surface area (Å²) in [7, 11) is 0. The maximum atomic E-state index is 12.6. The number of nitrogens with zero attached hydrogens (tertiary/aromatic N) is 2. The van der Waals surface area contributed by atoms with Crippen molar-refractivity contribution in [2.45, 2.75) is 38.8 Å². The molecule has 0 aliphatic heterocycles. The van der Waals surface area contributed by atoms with Crippen LogP contribution in [-0.4, -0.2) is 16.1 Å². The maximum Gasteiger partial charge on any atom is 0.319 e. The Kier molecular flexibility index (Phi) is 2.65. The number of nitrogens with one attached hydrogen (secondary N) is 1. The van der Waals surface area contributed by atoms with Crippen molar-refractivity contribution in [1.29, 1.82) is 0 Å². The van der Waals surface area contributed by atoms with E-state index in [9.17, 15) is 8.78 Å². The van der Waals surface area contributed by atoms with Gasteiger partial charge in [-0.1, -0.05) is 0 Å². The van der Waals surface area contributed by atoms with E-state index < -0.39 is 6.55 Å². The molecule has 0 saturated heterocycles. The molecule has 94 valence electrons. The minimum absolute atomic E-state index is 0.423. The third kappa shape index (κ3) is 2.20. The van der Waals surface area contributed by atoms with Gasteiger partial charge in [-0.15, -0.1) is 0 Å². The molecule has 2 aliphatic rings. The normalized spacial score (nSPS) is 22.1. The first-order chi connectivity index (χ1) is 8.21. The van der Waals surface area contributed by atoms with Crippen LogP contribution in [0.15, 0.2) is 12.4 Å².